The lowest BCUT2D eigenvalue weighted by molar-refractivity contribution is -0.106. The molecule has 3 N–H and O–H groups in total. The fourth-order valence-electron chi connectivity index (χ4n) is 2.14. The molecule has 0 bridgehead atoms. The van der Waals surface area contributed by atoms with Gasteiger partial charge in [-0.15, -0.1) is 0 Å². The molecule has 0 aliphatic heterocycles. The van der Waals surface area contributed by atoms with Crippen LogP contribution in [0.5, 0.6) is 6.01 Å². The predicted octanol–water partition coefficient (Wildman–Crippen LogP) is 3.19. The normalized spacial score (nSPS) is 9.82. The van der Waals surface area contributed by atoms with E-state index in [0.717, 1.165) is 6.20 Å². The van der Waals surface area contributed by atoms with Crippen molar-refractivity contribution in [1.82, 2.24) is 9.97 Å². The molecule has 0 saturated carbocycles. The van der Waals surface area contributed by atoms with E-state index in [9.17, 15) is 13.2 Å². The van der Waals surface area contributed by atoms with E-state index in [-0.39, 0.29) is 37.2 Å². The Morgan fingerprint density at radius 2 is 1.82 bits per heavy atom. The fraction of sp³-hybridized carbons (Fsp3) is 0.105. The van der Waals surface area contributed by atoms with Gasteiger partial charge < -0.3 is 15.8 Å². The number of hydrogen-bond acceptors (Lipinski definition) is 5. The van der Waals surface area contributed by atoms with Crippen molar-refractivity contribution < 1.29 is 22.7 Å². The Kier molecular flexibility index (Phi) is 7.77. The van der Waals surface area contributed by atoms with E-state index in [2.05, 4.69) is 21.0 Å². The van der Waals surface area contributed by atoms with Crippen LogP contribution in [0.2, 0.25) is 0 Å². The molecule has 0 fully saturated rings. The van der Waals surface area contributed by atoms with Gasteiger partial charge in [0.15, 0.2) is 11.6 Å². The van der Waals surface area contributed by atoms with Gasteiger partial charge in [-0.1, -0.05) is 30.3 Å². The van der Waals surface area contributed by atoms with Crippen LogP contribution in [-0.2, 0) is 17.9 Å². The second kappa shape index (κ2) is 10.5. The predicted molar refractivity (Wildman–Crippen MR) is 96.7 cm³/mol. The van der Waals surface area contributed by atoms with Crippen molar-refractivity contribution >= 4 is 12.2 Å². The van der Waals surface area contributed by atoms with E-state index in [1.54, 1.807) is 30.3 Å². The number of nitrogens with one attached hydrogen (secondary N) is 1. The van der Waals surface area contributed by atoms with Gasteiger partial charge in [-0.3, -0.25) is 4.79 Å². The van der Waals surface area contributed by atoms with E-state index >= 15 is 0 Å². The largest absolute Gasteiger partial charge is 0.459 e. The lowest BCUT2D eigenvalue weighted by Gasteiger charge is -2.09. The number of halogens is 3. The van der Waals surface area contributed by atoms with Gasteiger partial charge in [0.05, 0.1) is 6.20 Å². The van der Waals surface area contributed by atoms with Gasteiger partial charge in [0.1, 0.15) is 18.2 Å². The van der Waals surface area contributed by atoms with Crippen LogP contribution in [0.25, 0.3) is 0 Å². The molecule has 3 aromatic rings. The van der Waals surface area contributed by atoms with Gasteiger partial charge in [-0.2, -0.15) is 4.98 Å². The van der Waals surface area contributed by atoms with Crippen molar-refractivity contribution in [2.45, 2.75) is 13.2 Å². The Hall–Kier alpha value is -3.62. The van der Waals surface area contributed by atoms with Crippen molar-refractivity contribution in [2.75, 3.05) is 5.32 Å². The molecule has 3 rings (SSSR count). The standard InChI is InChI=1S/C18H14F3N3O.CH3NO/c19-14-6-3-4-12(8-14)11-25-18-23-10-16(21)17(24-18)22-9-13-5-1-2-7-15(13)20;2-1-3/h1-8,10H,9,11H2,(H,22,23,24);1H,(H2,2,3). The van der Waals surface area contributed by atoms with Gasteiger partial charge in [0, 0.05) is 12.1 Å². The van der Waals surface area contributed by atoms with Crippen LogP contribution < -0.4 is 15.8 Å². The summed E-state index contributed by atoms with van der Waals surface area (Å²) in [5.74, 6) is -1.57. The number of benzene rings is 2. The molecule has 0 atom stereocenters. The summed E-state index contributed by atoms with van der Waals surface area (Å²) in [4.78, 5) is 16.2. The molecule has 28 heavy (non-hydrogen) atoms. The first-order valence-corrected chi connectivity index (χ1v) is 8.06. The highest BCUT2D eigenvalue weighted by molar-refractivity contribution is 5.42. The number of aromatic nitrogens is 2. The Morgan fingerprint density at radius 3 is 2.54 bits per heavy atom. The molecular formula is C19H17F3N4O2. The summed E-state index contributed by atoms with van der Waals surface area (Å²) in [5, 5.41) is 2.71. The third-order valence-corrected chi connectivity index (χ3v) is 3.38. The van der Waals surface area contributed by atoms with Crippen LogP contribution in [0.15, 0.2) is 54.7 Å². The van der Waals surface area contributed by atoms with E-state index < -0.39 is 11.6 Å². The summed E-state index contributed by atoms with van der Waals surface area (Å²) >= 11 is 0. The number of primary amides is 1. The molecule has 0 unspecified atom stereocenters. The van der Waals surface area contributed by atoms with Crippen molar-refractivity contribution in [3.05, 3.63) is 83.3 Å². The highest BCUT2D eigenvalue weighted by Crippen LogP contribution is 2.16. The van der Waals surface area contributed by atoms with Gasteiger partial charge in [0.2, 0.25) is 6.41 Å². The van der Waals surface area contributed by atoms with Gasteiger partial charge in [0.25, 0.3) is 0 Å². The second-order valence-corrected chi connectivity index (χ2v) is 5.35. The highest BCUT2D eigenvalue weighted by Gasteiger charge is 2.09. The lowest BCUT2D eigenvalue weighted by Crippen LogP contribution is -2.08. The molecule has 2 aromatic carbocycles. The minimum absolute atomic E-state index is 0.0378. The Morgan fingerprint density at radius 1 is 1.07 bits per heavy atom. The first-order chi connectivity index (χ1) is 13.5. The Labute approximate surface area is 159 Å². The molecule has 1 amide bonds. The van der Waals surface area contributed by atoms with Crippen LogP contribution in [0, 0.1) is 17.5 Å². The molecule has 1 heterocycles. The summed E-state index contributed by atoms with van der Waals surface area (Å²) < 4.78 is 45.9. The van der Waals surface area contributed by atoms with Crippen LogP contribution in [0.4, 0.5) is 19.0 Å². The highest BCUT2D eigenvalue weighted by atomic mass is 19.1. The van der Waals surface area contributed by atoms with E-state index in [1.165, 1.54) is 18.2 Å². The van der Waals surface area contributed by atoms with Crippen LogP contribution in [-0.4, -0.2) is 16.4 Å². The SMILES string of the molecule is Fc1cccc(COc2ncc(F)c(NCc3ccccc3F)n2)c1.NC=O. The number of hydrogen-bond donors (Lipinski definition) is 2. The van der Waals surface area contributed by atoms with Crippen LogP contribution >= 0.6 is 0 Å². The third-order valence-electron chi connectivity index (χ3n) is 3.38. The number of nitrogens with two attached hydrogens (primary N) is 1. The van der Waals surface area contributed by atoms with Gasteiger partial charge in [-0.25, -0.2) is 18.2 Å². The first kappa shape index (κ1) is 20.7. The van der Waals surface area contributed by atoms with E-state index in [4.69, 9.17) is 9.53 Å². The van der Waals surface area contributed by atoms with Crippen LogP contribution in [0.3, 0.4) is 0 Å². The Balaban J connectivity index is 0.000000878. The molecule has 0 aliphatic rings. The number of rotatable bonds is 6. The van der Waals surface area contributed by atoms with Crippen molar-refractivity contribution in [3.8, 4) is 6.01 Å². The van der Waals surface area contributed by atoms with Crippen molar-refractivity contribution in [3.63, 3.8) is 0 Å². The van der Waals surface area contributed by atoms with Gasteiger partial charge in [-0.05, 0) is 23.8 Å². The molecule has 0 saturated heterocycles. The van der Waals surface area contributed by atoms with Crippen molar-refractivity contribution in [1.29, 1.82) is 0 Å². The average Bonchev–Trinajstić information content (AvgIpc) is 2.68. The minimum atomic E-state index is -0.686. The average molecular weight is 390 g/mol. The maximum atomic E-state index is 13.8. The minimum Gasteiger partial charge on any atom is -0.459 e. The number of ether oxygens (including phenoxy) is 1. The number of carbonyl (C=O) groups is 1. The zero-order valence-corrected chi connectivity index (χ0v) is 14.6. The number of anilines is 1. The summed E-state index contributed by atoms with van der Waals surface area (Å²) in [6.07, 6.45) is 1.21. The first-order valence-electron chi connectivity index (χ1n) is 8.06. The molecule has 6 nitrogen and oxygen atoms in total. The topological polar surface area (TPSA) is 90.1 Å². The fourth-order valence-corrected chi connectivity index (χ4v) is 2.14. The zero-order valence-electron chi connectivity index (χ0n) is 14.6. The quantitative estimate of drug-likeness (QED) is 0.631. The van der Waals surface area contributed by atoms with E-state index in [0.29, 0.717) is 11.1 Å². The molecule has 1 aromatic heterocycles. The molecule has 0 aliphatic carbocycles. The molecule has 146 valence electrons. The molecular weight excluding hydrogens is 373 g/mol. The maximum Gasteiger partial charge on any atom is 0.318 e. The zero-order chi connectivity index (χ0) is 20.4. The van der Waals surface area contributed by atoms with Gasteiger partial charge >= 0.3 is 6.01 Å². The monoisotopic (exact) mass is 390 g/mol. The summed E-state index contributed by atoms with van der Waals surface area (Å²) in [6, 6.07) is 12.0. The number of nitrogens with zero attached hydrogens (tertiary/aromatic N) is 2. The second-order valence-electron chi connectivity index (χ2n) is 5.35. The third kappa shape index (κ3) is 6.27. The molecule has 0 spiro atoms. The summed E-state index contributed by atoms with van der Waals surface area (Å²) in [7, 11) is 0. The number of carbonyl (C=O) groups excluding carboxylic acids is 1. The Bertz CT molecular complexity index is 925. The summed E-state index contributed by atoms with van der Waals surface area (Å²) in [5.41, 5.74) is 5.14. The smallest absolute Gasteiger partial charge is 0.318 e. The molecule has 9 heteroatoms. The van der Waals surface area contributed by atoms with Crippen molar-refractivity contribution in [2.24, 2.45) is 5.73 Å². The summed E-state index contributed by atoms with van der Waals surface area (Å²) in [6.45, 7) is 0.0973. The van der Waals surface area contributed by atoms with E-state index in [1.807, 2.05) is 0 Å². The molecule has 0 radical (unpaired) electrons. The van der Waals surface area contributed by atoms with Crippen LogP contribution in [0.1, 0.15) is 11.1 Å². The lowest BCUT2D eigenvalue weighted by atomic mass is 10.2. The number of amides is 1. The maximum absolute atomic E-state index is 13.8.